The normalized spacial score (nSPS) is 13.0. The molecule has 0 spiro atoms. The largest absolute Gasteiger partial charge is 0.573 e. The summed E-state index contributed by atoms with van der Waals surface area (Å²) in [7, 11) is 0. The quantitative estimate of drug-likeness (QED) is 0.642. The van der Waals surface area contributed by atoms with E-state index < -0.39 is 12.4 Å². The van der Waals surface area contributed by atoms with Crippen LogP contribution in [-0.2, 0) is 0 Å². The van der Waals surface area contributed by atoms with Crippen LogP contribution in [0.15, 0.2) is 53.0 Å². The number of nitrogens with one attached hydrogen (secondary N) is 1. The van der Waals surface area contributed by atoms with Gasteiger partial charge in [-0.3, -0.25) is 5.84 Å². The molecule has 0 aliphatic heterocycles. The number of alkyl halides is 3. The summed E-state index contributed by atoms with van der Waals surface area (Å²) in [5, 5.41) is 0. The van der Waals surface area contributed by atoms with Gasteiger partial charge in [0.2, 0.25) is 0 Å². The third-order valence-electron chi connectivity index (χ3n) is 2.83. The summed E-state index contributed by atoms with van der Waals surface area (Å²) in [6.45, 7) is 0. The second-order valence-electron chi connectivity index (χ2n) is 4.24. The molecule has 3 nitrogen and oxygen atoms in total. The van der Waals surface area contributed by atoms with Gasteiger partial charge in [-0.25, -0.2) is 5.43 Å². The van der Waals surface area contributed by atoms with Gasteiger partial charge in [0.1, 0.15) is 5.75 Å². The lowest BCUT2D eigenvalue weighted by Gasteiger charge is -2.21. The van der Waals surface area contributed by atoms with Crippen LogP contribution < -0.4 is 16.0 Å². The average Bonchev–Trinajstić information content (AvgIpc) is 2.42. The molecule has 7 heteroatoms. The van der Waals surface area contributed by atoms with E-state index in [9.17, 15) is 13.2 Å². The number of benzene rings is 2. The molecular weight excluding hydrogens is 349 g/mol. The Kier molecular flexibility index (Phi) is 4.87. The summed E-state index contributed by atoms with van der Waals surface area (Å²) in [6.07, 6.45) is -4.75. The van der Waals surface area contributed by atoms with Gasteiger partial charge in [0.25, 0.3) is 0 Å². The number of ether oxygens (including phenoxy) is 1. The molecule has 0 fully saturated rings. The molecule has 0 aliphatic rings. The van der Waals surface area contributed by atoms with Gasteiger partial charge in [0, 0.05) is 10.0 Å². The summed E-state index contributed by atoms with van der Waals surface area (Å²) < 4.78 is 42.3. The first-order chi connectivity index (χ1) is 9.90. The zero-order chi connectivity index (χ0) is 15.5. The van der Waals surface area contributed by atoms with Crippen molar-refractivity contribution in [2.45, 2.75) is 12.4 Å². The second kappa shape index (κ2) is 6.46. The smallest absolute Gasteiger partial charge is 0.405 e. The lowest BCUT2D eigenvalue weighted by molar-refractivity contribution is -0.275. The summed E-state index contributed by atoms with van der Waals surface area (Å²) in [5.41, 5.74) is 3.54. The number of hydrogen-bond acceptors (Lipinski definition) is 3. The first kappa shape index (κ1) is 15.8. The van der Waals surface area contributed by atoms with Gasteiger partial charge in [-0.1, -0.05) is 46.3 Å². The van der Waals surface area contributed by atoms with E-state index in [2.05, 4.69) is 26.1 Å². The molecule has 1 atom stereocenters. The SMILES string of the molecule is NNC(c1ccc(Br)cc1)c1ccccc1OC(F)(F)F. The van der Waals surface area contributed by atoms with Gasteiger partial charge < -0.3 is 4.74 Å². The van der Waals surface area contributed by atoms with Crippen LogP contribution in [0.3, 0.4) is 0 Å². The van der Waals surface area contributed by atoms with Crippen molar-refractivity contribution in [3.05, 3.63) is 64.1 Å². The number of para-hydroxylation sites is 1. The van der Waals surface area contributed by atoms with Gasteiger partial charge >= 0.3 is 6.36 Å². The molecule has 0 amide bonds. The predicted molar refractivity (Wildman–Crippen MR) is 76.4 cm³/mol. The van der Waals surface area contributed by atoms with Gasteiger partial charge in [-0.2, -0.15) is 0 Å². The Hall–Kier alpha value is -1.57. The van der Waals surface area contributed by atoms with E-state index in [0.29, 0.717) is 5.56 Å². The number of nitrogens with two attached hydrogens (primary N) is 1. The van der Waals surface area contributed by atoms with Crippen molar-refractivity contribution in [3.8, 4) is 5.75 Å². The van der Waals surface area contributed by atoms with Crippen LogP contribution in [0.2, 0.25) is 0 Å². The minimum atomic E-state index is -4.75. The average molecular weight is 361 g/mol. The highest BCUT2D eigenvalue weighted by atomic mass is 79.9. The monoisotopic (exact) mass is 360 g/mol. The Bertz CT molecular complexity index is 602. The maximum absolute atomic E-state index is 12.5. The molecule has 0 bridgehead atoms. The van der Waals surface area contributed by atoms with Crippen molar-refractivity contribution in [1.82, 2.24) is 5.43 Å². The molecule has 2 aromatic rings. The van der Waals surface area contributed by atoms with Gasteiger partial charge in [-0.15, -0.1) is 13.2 Å². The van der Waals surface area contributed by atoms with Crippen LogP contribution in [0.5, 0.6) is 5.75 Å². The Labute approximate surface area is 128 Å². The third-order valence-corrected chi connectivity index (χ3v) is 3.35. The van der Waals surface area contributed by atoms with Crippen LogP contribution in [0.1, 0.15) is 17.2 Å². The highest BCUT2D eigenvalue weighted by Crippen LogP contribution is 2.33. The van der Waals surface area contributed by atoms with Crippen LogP contribution in [0.4, 0.5) is 13.2 Å². The Balaban J connectivity index is 2.40. The van der Waals surface area contributed by atoms with Crippen molar-refractivity contribution in [2.24, 2.45) is 5.84 Å². The molecule has 0 saturated heterocycles. The van der Waals surface area contributed by atoms with E-state index in [4.69, 9.17) is 5.84 Å². The van der Waals surface area contributed by atoms with E-state index in [1.807, 2.05) is 0 Å². The molecule has 0 heterocycles. The maximum Gasteiger partial charge on any atom is 0.573 e. The van der Waals surface area contributed by atoms with E-state index in [1.165, 1.54) is 18.2 Å². The predicted octanol–water partition coefficient (Wildman–Crippen LogP) is 3.90. The zero-order valence-corrected chi connectivity index (χ0v) is 12.3. The zero-order valence-electron chi connectivity index (χ0n) is 10.7. The maximum atomic E-state index is 12.5. The summed E-state index contributed by atoms with van der Waals surface area (Å²) in [4.78, 5) is 0. The van der Waals surface area contributed by atoms with Crippen molar-refractivity contribution in [3.63, 3.8) is 0 Å². The van der Waals surface area contributed by atoms with Crippen LogP contribution in [0.25, 0.3) is 0 Å². The van der Waals surface area contributed by atoms with Crippen LogP contribution in [0, 0.1) is 0 Å². The molecule has 0 aromatic heterocycles. The van der Waals surface area contributed by atoms with Gasteiger partial charge in [0.15, 0.2) is 0 Å². The van der Waals surface area contributed by atoms with E-state index in [0.717, 1.165) is 10.0 Å². The molecule has 0 radical (unpaired) electrons. The van der Waals surface area contributed by atoms with E-state index >= 15 is 0 Å². The molecule has 0 saturated carbocycles. The van der Waals surface area contributed by atoms with Crippen molar-refractivity contribution < 1.29 is 17.9 Å². The summed E-state index contributed by atoms with van der Waals surface area (Å²) >= 11 is 3.30. The van der Waals surface area contributed by atoms with Crippen molar-refractivity contribution in [1.29, 1.82) is 0 Å². The molecule has 1 unspecified atom stereocenters. The molecule has 0 aliphatic carbocycles. The van der Waals surface area contributed by atoms with E-state index in [1.54, 1.807) is 30.3 Å². The fourth-order valence-electron chi connectivity index (χ4n) is 1.96. The minimum Gasteiger partial charge on any atom is -0.405 e. The van der Waals surface area contributed by atoms with Gasteiger partial charge in [0.05, 0.1) is 6.04 Å². The van der Waals surface area contributed by atoms with Crippen molar-refractivity contribution >= 4 is 15.9 Å². The Morgan fingerprint density at radius 3 is 2.24 bits per heavy atom. The van der Waals surface area contributed by atoms with Gasteiger partial charge in [-0.05, 0) is 23.8 Å². The van der Waals surface area contributed by atoms with Crippen LogP contribution >= 0.6 is 15.9 Å². The second-order valence-corrected chi connectivity index (χ2v) is 5.15. The number of hydrogen-bond donors (Lipinski definition) is 2. The molecular formula is C14H12BrF3N2O. The highest BCUT2D eigenvalue weighted by molar-refractivity contribution is 9.10. The Morgan fingerprint density at radius 1 is 1.05 bits per heavy atom. The third kappa shape index (κ3) is 4.20. The summed E-state index contributed by atoms with van der Waals surface area (Å²) in [5.74, 6) is 5.23. The number of hydrazine groups is 1. The topological polar surface area (TPSA) is 47.3 Å². The molecule has 112 valence electrons. The standard InChI is InChI=1S/C14H12BrF3N2O/c15-10-7-5-9(6-8-10)13(20-19)11-3-1-2-4-12(11)21-14(16,17)18/h1-8,13,20H,19H2. The molecule has 2 rings (SSSR count). The Morgan fingerprint density at radius 2 is 1.67 bits per heavy atom. The molecule has 21 heavy (non-hydrogen) atoms. The fraction of sp³-hybridized carbons (Fsp3) is 0.143. The molecule has 2 aromatic carbocycles. The summed E-state index contributed by atoms with van der Waals surface area (Å²) in [6, 6.07) is 12.4. The number of rotatable bonds is 4. The van der Waals surface area contributed by atoms with Crippen LogP contribution in [-0.4, -0.2) is 6.36 Å². The fourth-order valence-corrected chi connectivity index (χ4v) is 2.22. The van der Waals surface area contributed by atoms with Crippen molar-refractivity contribution in [2.75, 3.05) is 0 Å². The highest BCUT2D eigenvalue weighted by Gasteiger charge is 2.33. The lowest BCUT2D eigenvalue weighted by Crippen LogP contribution is -2.30. The first-order valence-electron chi connectivity index (χ1n) is 5.97. The number of halogens is 4. The lowest BCUT2D eigenvalue weighted by atomic mass is 9.98. The molecule has 3 N–H and O–H groups in total. The minimum absolute atomic E-state index is 0.282. The van der Waals surface area contributed by atoms with E-state index in [-0.39, 0.29) is 5.75 Å². The first-order valence-corrected chi connectivity index (χ1v) is 6.76.